The number of carboxylic acids is 1. The highest BCUT2D eigenvalue weighted by atomic mass is 16.5. The van der Waals surface area contributed by atoms with Crippen molar-refractivity contribution in [2.24, 2.45) is 11.8 Å². The molecular formula is C25H35N3O5. The van der Waals surface area contributed by atoms with E-state index in [1.54, 1.807) is 20.3 Å². The summed E-state index contributed by atoms with van der Waals surface area (Å²) in [5, 5.41) is 16.9. The number of rotatable bonds is 10. The lowest BCUT2D eigenvalue weighted by atomic mass is 10.0. The second-order valence-electron chi connectivity index (χ2n) is 9.27. The molecule has 8 heteroatoms. The molecule has 1 aromatic heterocycles. The van der Waals surface area contributed by atoms with Crippen molar-refractivity contribution in [3.63, 3.8) is 0 Å². The zero-order valence-corrected chi connectivity index (χ0v) is 20.1. The van der Waals surface area contributed by atoms with Gasteiger partial charge in [0.15, 0.2) is 5.69 Å². The average molecular weight is 458 g/mol. The number of nitrogens with zero attached hydrogens (tertiary/aromatic N) is 2. The third kappa shape index (κ3) is 5.67. The van der Waals surface area contributed by atoms with E-state index < -0.39 is 12.0 Å². The molecule has 1 aromatic carbocycles. The van der Waals surface area contributed by atoms with E-state index in [9.17, 15) is 14.7 Å². The molecule has 0 saturated heterocycles. The zero-order valence-electron chi connectivity index (χ0n) is 20.1. The molecule has 0 aliphatic heterocycles. The summed E-state index contributed by atoms with van der Waals surface area (Å²) in [5.74, 6) is 0.626. The van der Waals surface area contributed by atoms with Gasteiger partial charge in [-0.1, -0.05) is 33.3 Å². The Balaban J connectivity index is 2.04. The Morgan fingerprint density at radius 1 is 1.21 bits per heavy atom. The van der Waals surface area contributed by atoms with Crippen LogP contribution in [0.2, 0.25) is 0 Å². The van der Waals surface area contributed by atoms with Gasteiger partial charge in [0.25, 0.3) is 5.91 Å². The molecule has 2 aromatic rings. The second-order valence-corrected chi connectivity index (χ2v) is 9.27. The quantitative estimate of drug-likeness (QED) is 0.543. The van der Waals surface area contributed by atoms with Crippen LogP contribution in [0.25, 0.3) is 11.3 Å². The van der Waals surface area contributed by atoms with Crippen LogP contribution in [-0.4, -0.2) is 47.0 Å². The number of benzene rings is 1. The van der Waals surface area contributed by atoms with E-state index in [-0.39, 0.29) is 30.0 Å². The molecule has 180 valence electrons. The summed E-state index contributed by atoms with van der Waals surface area (Å²) >= 11 is 0. The molecule has 2 N–H and O–H groups in total. The van der Waals surface area contributed by atoms with E-state index in [4.69, 9.17) is 14.6 Å². The molecule has 3 atom stereocenters. The van der Waals surface area contributed by atoms with Gasteiger partial charge >= 0.3 is 5.97 Å². The summed E-state index contributed by atoms with van der Waals surface area (Å²) in [4.78, 5) is 24.5. The number of carbonyl (C=O) groups is 2. The average Bonchev–Trinajstić information content (AvgIpc) is 3.37. The Bertz CT molecular complexity index is 962. The molecule has 1 saturated carbocycles. The van der Waals surface area contributed by atoms with Crippen LogP contribution in [0.1, 0.15) is 69.4 Å². The lowest BCUT2D eigenvalue weighted by molar-refractivity contribution is -0.137. The minimum Gasteiger partial charge on any atom is -0.496 e. The number of carbonyl (C=O) groups excluding carboxylic acids is 1. The Labute approximate surface area is 195 Å². The van der Waals surface area contributed by atoms with Gasteiger partial charge in [-0.3, -0.25) is 14.3 Å². The summed E-state index contributed by atoms with van der Waals surface area (Å²) in [6.45, 7) is 6.21. The monoisotopic (exact) mass is 457 g/mol. The predicted octanol–water partition coefficient (Wildman–Crippen LogP) is 4.55. The van der Waals surface area contributed by atoms with E-state index in [1.807, 2.05) is 36.7 Å². The van der Waals surface area contributed by atoms with E-state index in [0.29, 0.717) is 23.8 Å². The lowest BCUT2D eigenvalue weighted by Gasteiger charge is -2.21. The van der Waals surface area contributed by atoms with Crippen LogP contribution in [0, 0.1) is 11.8 Å². The Hall–Kier alpha value is -3.03. The molecule has 3 rings (SSSR count). The summed E-state index contributed by atoms with van der Waals surface area (Å²) in [7, 11) is 3.21. The third-order valence-electron chi connectivity index (χ3n) is 6.29. The van der Waals surface area contributed by atoms with E-state index in [0.717, 1.165) is 30.5 Å². The van der Waals surface area contributed by atoms with Crippen molar-refractivity contribution in [3.05, 3.63) is 30.0 Å². The number of aliphatic carboxylic acids is 1. The molecule has 1 aliphatic carbocycles. The molecule has 0 radical (unpaired) electrons. The van der Waals surface area contributed by atoms with Crippen molar-refractivity contribution in [1.29, 1.82) is 0 Å². The van der Waals surface area contributed by atoms with E-state index in [2.05, 4.69) is 12.2 Å². The maximum atomic E-state index is 13.2. The van der Waals surface area contributed by atoms with Gasteiger partial charge < -0.3 is 19.9 Å². The largest absolute Gasteiger partial charge is 0.496 e. The fourth-order valence-electron chi connectivity index (χ4n) is 4.77. The molecule has 33 heavy (non-hydrogen) atoms. The number of carboxylic acid groups (broad SMARTS) is 1. The highest BCUT2D eigenvalue weighted by Crippen LogP contribution is 2.43. The van der Waals surface area contributed by atoms with Crippen LogP contribution >= 0.6 is 0 Å². The normalized spacial score (nSPS) is 18.8. The molecular weight excluding hydrogens is 422 g/mol. The first-order valence-corrected chi connectivity index (χ1v) is 11.6. The van der Waals surface area contributed by atoms with Gasteiger partial charge in [-0.25, -0.2) is 0 Å². The van der Waals surface area contributed by atoms with E-state index >= 15 is 0 Å². The van der Waals surface area contributed by atoms with Crippen molar-refractivity contribution in [2.75, 3.05) is 14.2 Å². The van der Waals surface area contributed by atoms with Gasteiger partial charge in [-0.05, 0) is 49.3 Å². The summed E-state index contributed by atoms with van der Waals surface area (Å²) in [5.41, 5.74) is 1.76. The Kier molecular flexibility index (Phi) is 8.00. The number of aromatic nitrogens is 2. The number of nitrogens with one attached hydrogen (secondary N) is 1. The van der Waals surface area contributed by atoms with Gasteiger partial charge in [-0.2, -0.15) is 5.10 Å². The molecule has 1 aliphatic rings. The molecule has 1 amide bonds. The molecule has 0 bridgehead atoms. The minimum atomic E-state index is -0.939. The van der Waals surface area contributed by atoms with Crippen LogP contribution in [0.3, 0.4) is 0 Å². The molecule has 1 fully saturated rings. The maximum absolute atomic E-state index is 13.2. The van der Waals surface area contributed by atoms with E-state index in [1.165, 1.54) is 0 Å². The minimum absolute atomic E-state index is 0.128. The van der Waals surface area contributed by atoms with Crippen molar-refractivity contribution in [1.82, 2.24) is 15.1 Å². The van der Waals surface area contributed by atoms with Crippen molar-refractivity contribution < 1.29 is 24.2 Å². The van der Waals surface area contributed by atoms with Crippen LogP contribution in [0.5, 0.6) is 11.5 Å². The first-order valence-electron chi connectivity index (χ1n) is 11.6. The van der Waals surface area contributed by atoms with Crippen molar-refractivity contribution in [3.8, 4) is 22.8 Å². The smallest absolute Gasteiger partial charge is 0.305 e. The summed E-state index contributed by atoms with van der Waals surface area (Å²) < 4.78 is 13.2. The fraction of sp³-hybridized carbons (Fsp3) is 0.560. The third-order valence-corrected chi connectivity index (χ3v) is 6.29. The molecule has 0 spiro atoms. The highest BCUT2D eigenvalue weighted by molar-refractivity contribution is 5.94. The maximum Gasteiger partial charge on any atom is 0.305 e. The number of hydrogen-bond donors (Lipinski definition) is 2. The second kappa shape index (κ2) is 10.7. The standard InChI is InChI=1S/C25H35N3O5/c1-15(2)12-17(13-23(29)30)26-25(31)18-14-20(28(27-18)19-9-6-8-16(19)3)24-21(32-4)10-7-11-22(24)33-5/h7,10-11,14-17,19H,6,8-9,12-13H2,1-5H3,(H,26,31)(H,29,30)/t16?,17-,19?/m0/s1. The number of amides is 1. The zero-order chi connectivity index (χ0) is 24.1. The fourth-order valence-corrected chi connectivity index (χ4v) is 4.77. The van der Waals surface area contributed by atoms with Crippen molar-refractivity contribution in [2.45, 2.75) is 65.0 Å². The van der Waals surface area contributed by atoms with Crippen LogP contribution in [0.15, 0.2) is 24.3 Å². The Morgan fingerprint density at radius 2 is 1.88 bits per heavy atom. The summed E-state index contributed by atoms with van der Waals surface area (Å²) in [6.07, 6.45) is 3.63. The van der Waals surface area contributed by atoms with Gasteiger partial charge in [-0.15, -0.1) is 0 Å². The van der Waals surface area contributed by atoms with Crippen LogP contribution in [-0.2, 0) is 4.79 Å². The SMILES string of the molecule is COc1cccc(OC)c1-c1cc(C(=O)N[C@H](CC(=O)O)CC(C)C)nn1C1CCCC1C. The lowest BCUT2D eigenvalue weighted by Crippen LogP contribution is -2.37. The van der Waals surface area contributed by atoms with Crippen LogP contribution < -0.4 is 14.8 Å². The number of ether oxygens (including phenoxy) is 2. The number of methoxy groups -OCH3 is 2. The molecule has 1 heterocycles. The van der Waals surface area contributed by atoms with Gasteiger partial charge in [0.2, 0.25) is 0 Å². The highest BCUT2D eigenvalue weighted by Gasteiger charge is 2.31. The predicted molar refractivity (Wildman–Crippen MR) is 126 cm³/mol. The number of hydrogen-bond acceptors (Lipinski definition) is 5. The van der Waals surface area contributed by atoms with Crippen molar-refractivity contribution >= 4 is 11.9 Å². The van der Waals surface area contributed by atoms with Gasteiger partial charge in [0.05, 0.1) is 37.9 Å². The first-order chi connectivity index (χ1) is 15.7. The van der Waals surface area contributed by atoms with Gasteiger partial charge in [0, 0.05) is 6.04 Å². The Morgan fingerprint density at radius 3 is 2.39 bits per heavy atom. The summed E-state index contributed by atoms with van der Waals surface area (Å²) in [6, 6.07) is 7.03. The van der Waals surface area contributed by atoms with Gasteiger partial charge in [0.1, 0.15) is 11.5 Å². The molecule has 2 unspecified atom stereocenters. The first kappa shape index (κ1) is 24.6. The van der Waals surface area contributed by atoms with Crippen LogP contribution in [0.4, 0.5) is 0 Å². The topological polar surface area (TPSA) is 103 Å². The molecule has 8 nitrogen and oxygen atoms in total.